The Bertz CT molecular complexity index is 633. The maximum Gasteiger partial charge on any atom is 0.221 e. The number of hydrogen-bond donors (Lipinski definition) is 3. The molecule has 2 aromatic rings. The molecule has 1 heterocycles. The molecule has 1 atom stereocenters. The van der Waals surface area contributed by atoms with Gasteiger partial charge in [0.15, 0.2) is 4.34 Å². The lowest BCUT2D eigenvalue weighted by Gasteiger charge is -2.06. The van der Waals surface area contributed by atoms with E-state index in [0.29, 0.717) is 10.9 Å². The molecule has 22 heavy (non-hydrogen) atoms. The van der Waals surface area contributed by atoms with Crippen molar-refractivity contribution in [3.8, 4) is 0 Å². The number of carbonyl (C=O) groups is 1. The molecule has 3 N–H and O–H groups in total. The maximum atomic E-state index is 11.1. The molecule has 0 bridgehead atoms. The number of aromatic nitrogens is 2. The van der Waals surface area contributed by atoms with Gasteiger partial charge in [-0.2, -0.15) is 0 Å². The Balaban J connectivity index is 1.96. The van der Waals surface area contributed by atoms with Crippen LogP contribution in [-0.4, -0.2) is 33.1 Å². The van der Waals surface area contributed by atoms with Crippen molar-refractivity contribution in [2.45, 2.75) is 30.7 Å². The highest BCUT2D eigenvalue weighted by Gasteiger charge is 2.08. The molecule has 0 fully saturated rings. The molecule has 0 aliphatic heterocycles. The second-order valence-corrected chi connectivity index (χ2v) is 6.88. The Kier molecular flexibility index (Phi) is 6.17. The Morgan fingerprint density at radius 1 is 1.41 bits per heavy atom. The van der Waals surface area contributed by atoms with Gasteiger partial charge in [-0.05, 0) is 24.6 Å². The molecule has 1 aromatic carbocycles. The van der Waals surface area contributed by atoms with Crippen LogP contribution in [-0.2, 0) is 4.79 Å². The highest BCUT2D eigenvalue weighted by molar-refractivity contribution is 8.01. The number of aliphatic hydroxyl groups excluding tert-OH is 1. The molecule has 0 saturated heterocycles. The molecule has 118 valence electrons. The normalized spacial score (nSPS) is 12.0. The van der Waals surface area contributed by atoms with Crippen LogP contribution < -0.4 is 10.6 Å². The van der Waals surface area contributed by atoms with Gasteiger partial charge in [0.25, 0.3) is 0 Å². The summed E-state index contributed by atoms with van der Waals surface area (Å²) in [5.41, 5.74) is 1.55. The maximum absolute atomic E-state index is 11.1. The molecule has 1 amide bonds. The number of aliphatic hydroxyl groups is 1. The van der Waals surface area contributed by atoms with Gasteiger partial charge >= 0.3 is 0 Å². The monoisotopic (exact) mass is 338 g/mol. The lowest BCUT2D eigenvalue weighted by Crippen LogP contribution is -2.06. The number of amides is 1. The number of thioether (sulfide) groups is 1. The predicted molar refractivity (Wildman–Crippen MR) is 91.0 cm³/mol. The molecule has 0 unspecified atom stereocenters. The van der Waals surface area contributed by atoms with Crippen molar-refractivity contribution in [1.29, 1.82) is 0 Å². The van der Waals surface area contributed by atoms with Gasteiger partial charge in [-0.1, -0.05) is 36.1 Å². The third-order valence-corrected chi connectivity index (χ3v) is 4.83. The minimum absolute atomic E-state index is 0.110. The van der Waals surface area contributed by atoms with Crippen LogP contribution in [0, 0.1) is 0 Å². The van der Waals surface area contributed by atoms with Crippen LogP contribution in [0.3, 0.4) is 0 Å². The quantitative estimate of drug-likeness (QED) is 0.673. The largest absolute Gasteiger partial charge is 0.392 e. The molecule has 8 heteroatoms. The third kappa shape index (κ3) is 5.28. The van der Waals surface area contributed by atoms with Crippen LogP contribution in [0.15, 0.2) is 28.6 Å². The lowest BCUT2D eigenvalue weighted by atomic mass is 10.3. The fraction of sp³-hybridized carbons (Fsp3) is 0.357. The van der Waals surface area contributed by atoms with E-state index in [9.17, 15) is 9.90 Å². The van der Waals surface area contributed by atoms with Crippen LogP contribution in [0.2, 0.25) is 0 Å². The van der Waals surface area contributed by atoms with Crippen LogP contribution in [0.25, 0.3) is 0 Å². The van der Waals surface area contributed by atoms with Gasteiger partial charge in [0, 0.05) is 24.1 Å². The predicted octanol–water partition coefficient (Wildman–Crippen LogP) is 3.10. The van der Waals surface area contributed by atoms with E-state index in [1.807, 2.05) is 31.2 Å². The second-order valence-electron chi connectivity index (χ2n) is 4.63. The zero-order valence-electron chi connectivity index (χ0n) is 12.4. The van der Waals surface area contributed by atoms with Crippen molar-refractivity contribution in [3.05, 3.63) is 24.3 Å². The van der Waals surface area contributed by atoms with E-state index >= 15 is 0 Å². The van der Waals surface area contributed by atoms with E-state index in [1.165, 1.54) is 30.0 Å². The van der Waals surface area contributed by atoms with E-state index in [2.05, 4.69) is 20.8 Å². The second kappa shape index (κ2) is 8.11. The summed E-state index contributed by atoms with van der Waals surface area (Å²) < 4.78 is 0.813. The topological polar surface area (TPSA) is 87.1 Å². The van der Waals surface area contributed by atoms with Crippen LogP contribution in [0.1, 0.15) is 20.3 Å². The standard InChI is InChI=1S/C14H18N4O2S2/c1-3-12(20)8-21-14-18-17-13(22-14)16-11-6-4-5-10(7-11)15-9(2)19/h4-7,12,20H,3,8H2,1-2H3,(H,15,19)(H,16,17)/t12-/m0/s1. The smallest absolute Gasteiger partial charge is 0.221 e. The average Bonchev–Trinajstić information content (AvgIpc) is 2.92. The summed E-state index contributed by atoms with van der Waals surface area (Å²) in [6.07, 6.45) is 0.409. The van der Waals surface area contributed by atoms with Gasteiger partial charge < -0.3 is 15.7 Å². The number of anilines is 3. The molecular formula is C14H18N4O2S2. The average molecular weight is 338 g/mol. The van der Waals surface area contributed by atoms with Crippen LogP contribution in [0.5, 0.6) is 0 Å². The number of hydrogen-bond acceptors (Lipinski definition) is 7. The molecule has 6 nitrogen and oxygen atoms in total. The fourth-order valence-corrected chi connectivity index (χ4v) is 3.45. The molecule has 2 rings (SSSR count). The summed E-state index contributed by atoms with van der Waals surface area (Å²) in [5, 5.41) is 24.3. The van der Waals surface area contributed by atoms with Gasteiger partial charge in [0.05, 0.1) is 6.10 Å². The van der Waals surface area contributed by atoms with E-state index in [1.54, 1.807) is 0 Å². The number of nitrogens with zero attached hydrogens (tertiary/aromatic N) is 2. The van der Waals surface area contributed by atoms with Crippen molar-refractivity contribution >= 4 is 45.5 Å². The summed E-state index contributed by atoms with van der Waals surface area (Å²) in [7, 11) is 0. The van der Waals surface area contributed by atoms with Gasteiger partial charge in [-0.25, -0.2) is 0 Å². The van der Waals surface area contributed by atoms with E-state index < -0.39 is 0 Å². The molecule has 1 aromatic heterocycles. The summed E-state index contributed by atoms with van der Waals surface area (Å²) >= 11 is 2.93. The first-order valence-corrected chi connectivity index (χ1v) is 8.66. The van der Waals surface area contributed by atoms with E-state index in [-0.39, 0.29) is 12.0 Å². The summed E-state index contributed by atoms with van der Waals surface area (Å²) in [5.74, 6) is 0.504. The van der Waals surface area contributed by atoms with Gasteiger partial charge in [-0.3, -0.25) is 4.79 Å². The number of nitrogens with one attached hydrogen (secondary N) is 2. The summed E-state index contributed by atoms with van der Waals surface area (Å²) in [4.78, 5) is 11.1. The first-order valence-electron chi connectivity index (χ1n) is 6.86. The van der Waals surface area contributed by atoms with E-state index in [4.69, 9.17) is 0 Å². The lowest BCUT2D eigenvalue weighted by molar-refractivity contribution is -0.114. The molecule has 0 aliphatic carbocycles. The summed E-state index contributed by atoms with van der Waals surface area (Å²) in [6.45, 7) is 3.42. The van der Waals surface area contributed by atoms with E-state index in [0.717, 1.165) is 22.1 Å². The Morgan fingerprint density at radius 2 is 2.18 bits per heavy atom. The van der Waals surface area contributed by atoms with Crippen molar-refractivity contribution in [1.82, 2.24) is 10.2 Å². The Morgan fingerprint density at radius 3 is 2.91 bits per heavy atom. The Hall–Kier alpha value is -1.64. The van der Waals surface area contributed by atoms with Crippen molar-refractivity contribution in [2.24, 2.45) is 0 Å². The zero-order valence-corrected chi connectivity index (χ0v) is 14.0. The number of carbonyl (C=O) groups excluding carboxylic acids is 1. The van der Waals surface area contributed by atoms with Crippen molar-refractivity contribution < 1.29 is 9.90 Å². The molecule has 0 aliphatic rings. The van der Waals surface area contributed by atoms with Crippen molar-refractivity contribution in [2.75, 3.05) is 16.4 Å². The van der Waals surface area contributed by atoms with Gasteiger partial charge in [-0.15, -0.1) is 10.2 Å². The van der Waals surface area contributed by atoms with Crippen LogP contribution >= 0.6 is 23.1 Å². The fourth-order valence-electron chi connectivity index (χ4n) is 1.61. The third-order valence-electron chi connectivity index (χ3n) is 2.71. The number of benzene rings is 1. The number of rotatable bonds is 7. The molecular weight excluding hydrogens is 320 g/mol. The first-order chi connectivity index (χ1) is 10.6. The van der Waals surface area contributed by atoms with Gasteiger partial charge in [0.1, 0.15) is 0 Å². The minimum Gasteiger partial charge on any atom is -0.392 e. The van der Waals surface area contributed by atoms with Crippen LogP contribution in [0.4, 0.5) is 16.5 Å². The molecule has 0 spiro atoms. The SMILES string of the molecule is CC[C@H](O)CSc1nnc(Nc2cccc(NC(C)=O)c2)s1. The highest BCUT2D eigenvalue weighted by Crippen LogP contribution is 2.28. The van der Waals surface area contributed by atoms with Gasteiger partial charge in [0.2, 0.25) is 11.0 Å². The summed E-state index contributed by atoms with van der Waals surface area (Å²) in [6, 6.07) is 7.39. The highest BCUT2D eigenvalue weighted by atomic mass is 32.2. The van der Waals surface area contributed by atoms with Crippen molar-refractivity contribution in [3.63, 3.8) is 0 Å². The molecule has 0 radical (unpaired) electrons. The zero-order chi connectivity index (χ0) is 15.9. The first kappa shape index (κ1) is 16.7. The Labute approximate surface area is 137 Å². The molecule has 0 saturated carbocycles. The minimum atomic E-state index is -0.320.